The number of halogens is 1. The Hall–Kier alpha value is -3.91. The minimum absolute atomic E-state index is 0.0272. The third kappa shape index (κ3) is 5.49. The average molecular weight is 540 g/mol. The molecule has 0 aliphatic carbocycles. The van der Waals surface area contributed by atoms with Gasteiger partial charge in [0.25, 0.3) is 0 Å². The van der Waals surface area contributed by atoms with Crippen molar-refractivity contribution in [3.8, 4) is 17.6 Å². The van der Waals surface area contributed by atoms with Crippen molar-refractivity contribution in [3.63, 3.8) is 0 Å². The van der Waals surface area contributed by atoms with Crippen molar-refractivity contribution in [1.82, 2.24) is 4.98 Å². The number of hydrogen-bond acceptors (Lipinski definition) is 8. The van der Waals surface area contributed by atoms with Gasteiger partial charge in [0.1, 0.15) is 16.0 Å². The molecule has 1 amide bonds. The van der Waals surface area contributed by atoms with E-state index in [0.717, 1.165) is 10.2 Å². The minimum atomic E-state index is -4.27. The van der Waals surface area contributed by atoms with Crippen LogP contribution in [0.25, 0.3) is 21.9 Å². The Morgan fingerprint density at radius 2 is 1.89 bits per heavy atom. The highest BCUT2D eigenvalue weighted by Crippen LogP contribution is 2.39. The van der Waals surface area contributed by atoms with Crippen molar-refractivity contribution in [2.45, 2.75) is 11.8 Å². The SMILES string of the molecule is COc1cc(C=C(C#N)c2nc3ccccc3s2)cc(Cl)c1OS(=O)(=O)c1ccc(NC(C)=O)cc1. The van der Waals surface area contributed by atoms with Gasteiger partial charge < -0.3 is 14.2 Å². The number of anilines is 1. The van der Waals surface area contributed by atoms with Gasteiger partial charge in [-0.25, -0.2) is 4.98 Å². The molecule has 0 radical (unpaired) electrons. The van der Waals surface area contributed by atoms with E-state index in [9.17, 15) is 18.5 Å². The topological polar surface area (TPSA) is 118 Å². The van der Waals surface area contributed by atoms with Gasteiger partial charge in [0.05, 0.1) is 27.9 Å². The fourth-order valence-corrected chi connectivity index (χ4v) is 5.46. The maximum atomic E-state index is 12.8. The van der Waals surface area contributed by atoms with Crippen LogP contribution in [0.1, 0.15) is 17.5 Å². The largest absolute Gasteiger partial charge is 0.493 e. The maximum Gasteiger partial charge on any atom is 0.339 e. The summed E-state index contributed by atoms with van der Waals surface area (Å²) in [5.41, 5.74) is 2.04. The summed E-state index contributed by atoms with van der Waals surface area (Å²) < 4.78 is 37.3. The number of nitrogens with one attached hydrogen (secondary N) is 1. The van der Waals surface area contributed by atoms with Crippen LogP contribution in [0.15, 0.2) is 65.6 Å². The van der Waals surface area contributed by atoms with Gasteiger partial charge in [-0.1, -0.05) is 23.7 Å². The zero-order valence-corrected chi connectivity index (χ0v) is 21.4. The first-order valence-electron chi connectivity index (χ1n) is 10.4. The van der Waals surface area contributed by atoms with Crippen molar-refractivity contribution in [3.05, 3.63) is 76.3 Å². The second-order valence-corrected chi connectivity index (χ2v) is 10.4. The average Bonchev–Trinajstić information content (AvgIpc) is 3.28. The highest BCUT2D eigenvalue weighted by molar-refractivity contribution is 7.87. The lowest BCUT2D eigenvalue weighted by molar-refractivity contribution is -0.114. The number of ether oxygens (including phenoxy) is 1. The summed E-state index contributed by atoms with van der Waals surface area (Å²) in [7, 11) is -2.92. The summed E-state index contributed by atoms with van der Waals surface area (Å²) in [6.07, 6.45) is 1.59. The summed E-state index contributed by atoms with van der Waals surface area (Å²) in [5.74, 6) is -0.412. The van der Waals surface area contributed by atoms with Crippen LogP contribution < -0.4 is 14.2 Å². The van der Waals surface area contributed by atoms with E-state index >= 15 is 0 Å². The first kappa shape index (κ1) is 25.2. The lowest BCUT2D eigenvalue weighted by Gasteiger charge is -2.13. The molecule has 0 aliphatic heterocycles. The van der Waals surface area contributed by atoms with Crippen LogP contribution in [-0.2, 0) is 14.9 Å². The van der Waals surface area contributed by atoms with Crippen LogP contribution in [0.4, 0.5) is 5.69 Å². The van der Waals surface area contributed by atoms with Crippen molar-refractivity contribution in [2.75, 3.05) is 12.4 Å². The quantitative estimate of drug-likeness (QED) is 0.234. The van der Waals surface area contributed by atoms with Crippen molar-refractivity contribution in [1.29, 1.82) is 5.26 Å². The summed E-state index contributed by atoms with van der Waals surface area (Å²) in [6.45, 7) is 1.35. The number of fused-ring (bicyclic) bond motifs is 1. The van der Waals surface area contributed by atoms with Crippen LogP contribution in [0.3, 0.4) is 0 Å². The molecule has 182 valence electrons. The Labute approximate surface area is 216 Å². The van der Waals surface area contributed by atoms with Crippen LogP contribution in [-0.4, -0.2) is 26.4 Å². The van der Waals surface area contributed by atoms with Crippen LogP contribution in [0.5, 0.6) is 11.5 Å². The van der Waals surface area contributed by atoms with E-state index in [4.69, 9.17) is 20.5 Å². The summed E-state index contributed by atoms with van der Waals surface area (Å²) >= 11 is 7.77. The normalized spacial score (nSPS) is 11.7. The van der Waals surface area contributed by atoms with Gasteiger partial charge in [-0.05, 0) is 60.2 Å². The summed E-state index contributed by atoms with van der Waals surface area (Å²) in [4.78, 5) is 15.5. The molecule has 1 heterocycles. The van der Waals surface area contributed by atoms with Crippen molar-refractivity contribution >= 4 is 66.5 Å². The van der Waals surface area contributed by atoms with E-state index in [2.05, 4.69) is 16.4 Å². The lowest BCUT2D eigenvalue weighted by atomic mass is 10.1. The van der Waals surface area contributed by atoms with Gasteiger partial charge >= 0.3 is 10.1 Å². The molecule has 0 saturated carbocycles. The van der Waals surface area contributed by atoms with E-state index in [1.807, 2.05) is 24.3 Å². The highest BCUT2D eigenvalue weighted by Gasteiger charge is 2.22. The van der Waals surface area contributed by atoms with Gasteiger partial charge in [-0.15, -0.1) is 11.3 Å². The number of rotatable bonds is 7. The predicted molar refractivity (Wildman–Crippen MR) is 140 cm³/mol. The first-order chi connectivity index (χ1) is 17.2. The van der Waals surface area contributed by atoms with E-state index in [1.165, 1.54) is 61.8 Å². The molecule has 0 spiro atoms. The molecule has 36 heavy (non-hydrogen) atoms. The number of nitrogens with zero attached hydrogens (tertiary/aromatic N) is 2. The maximum absolute atomic E-state index is 12.8. The molecule has 0 aliphatic rings. The standard InChI is InChI=1S/C25H18ClN3O5S2/c1-15(30)28-18-7-9-19(10-8-18)36(31,32)34-24-20(26)12-16(13-22(24)33-2)11-17(14-27)25-29-21-5-3-4-6-23(21)35-25/h3-13H,1-2H3,(H,28,30). The van der Waals surface area contributed by atoms with Crippen LogP contribution in [0.2, 0.25) is 5.02 Å². The first-order valence-corrected chi connectivity index (χ1v) is 13.0. The number of benzene rings is 3. The molecule has 1 N–H and O–H groups in total. The molecule has 4 rings (SSSR count). The molecule has 0 fully saturated rings. The second kappa shape index (κ2) is 10.4. The number of nitriles is 1. The Morgan fingerprint density at radius 3 is 2.53 bits per heavy atom. The number of allylic oxidation sites excluding steroid dienone is 1. The van der Waals surface area contributed by atoms with Crippen LogP contribution in [0, 0.1) is 11.3 Å². The molecule has 3 aromatic carbocycles. The molecule has 0 atom stereocenters. The molecular weight excluding hydrogens is 522 g/mol. The Balaban J connectivity index is 1.65. The molecule has 1 aromatic heterocycles. The number of aromatic nitrogens is 1. The molecule has 11 heteroatoms. The number of para-hydroxylation sites is 1. The molecule has 0 bridgehead atoms. The van der Waals surface area contributed by atoms with E-state index in [0.29, 0.717) is 21.8 Å². The molecule has 0 unspecified atom stereocenters. The van der Waals surface area contributed by atoms with Gasteiger partial charge in [-0.3, -0.25) is 4.79 Å². The fourth-order valence-electron chi connectivity index (χ4n) is 3.27. The zero-order valence-electron chi connectivity index (χ0n) is 19.0. The van der Waals surface area contributed by atoms with Gasteiger partial charge in [0, 0.05) is 12.6 Å². The monoisotopic (exact) mass is 539 g/mol. The predicted octanol–water partition coefficient (Wildman–Crippen LogP) is 5.75. The Morgan fingerprint density at radius 1 is 1.17 bits per heavy atom. The molecule has 0 saturated heterocycles. The van der Waals surface area contributed by atoms with Gasteiger partial charge in [0.15, 0.2) is 5.75 Å². The number of methoxy groups -OCH3 is 1. The third-order valence-electron chi connectivity index (χ3n) is 4.86. The van der Waals surface area contributed by atoms with Crippen molar-refractivity contribution in [2.24, 2.45) is 0 Å². The summed E-state index contributed by atoms with van der Waals surface area (Å²) in [5, 5.41) is 12.8. The third-order valence-corrected chi connectivity index (χ3v) is 7.45. The fraction of sp³-hybridized carbons (Fsp3) is 0.0800. The number of carbonyl (C=O) groups is 1. The van der Waals surface area contributed by atoms with E-state index < -0.39 is 10.1 Å². The van der Waals surface area contributed by atoms with Crippen molar-refractivity contribution < 1.29 is 22.1 Å². The van der Waals surface area contributed by atoms with Crippen LogP contribution >= 0.6 is 22.9 Å². The lowest BCUT2D eigenvalue weighted by Crippen LogP contribution is -2.11. The number of amides is 1. The highest BCUT2D eigenvalue weighted by atomic mass is 35.5. The van der Waals surface area contributed by atoms with E-state index in [1.54, 1.807) is 6.08 Å². The van der Waals surface area contributed by atoms with Gasteiger partial charge in [-0.2, -0.15) is 13.7 Å². The Bertz CT molecular complexity index is 1610. The number of hydrogen-bond donors (Lipinski definition) is 1. The number of thiazole rings is 1. The molecular formula is C25H18ClN3O5S2. The molecule has 4 aromatic rings. The van der Waals surface area contributed by atoms with E-state index in [-0.39, 0.29) is 27.3 Å². The summed E-state index contributed by atoms with van der Waals surface area (Å²) in [6, 6.07) is 18.2. The van der Waals surface area contributed by atoms with Gasteiger partial charge in [0.2, 0.25) is 11.7 Å². The molecule has 8 nitrogen and oxygen atoms in total. The smallest absolute Gasteiger partial charge is 0.339 e. The minimum Gasteiger partial charge on any atom is -0.493 e. The second-order valence-electron chi connectivity index (χ2n) is 7.43. The zero-order chi connectivity index (χ0) is 25.9. The number of carbonyl (C=O) groups excluding carboxylic acids is 1. The Kier molecular flexibility index (Phi) is 7.26.